The van der Waals surface area contributed by atoms with Crippen LogP contribution in [0.5, 0.6) is 11.5 Å². The molecule has 0 aliphatic rings. The zero-order chi connectivity index (χ0) is 14.4. The molecule has 2 aromatic rings. The molecule has 4 nitrogen and oxygen atoms in total. The van der Waals surface area contributed by atoms with Gasteiger partial charge >= 0.3 is 0 Å². The number of halogens is 1. The number of carbonyl (C=O) groups excluding carboxylic acids is 1. The van der Waals surface area contributed by atoms with E-state index in [-0.39, 0.29) is 12.5 Å². The summed E-state index contributed by atoms with van der Waals surface area (Å²) in [5, 5.41) is 2.77. The Hall–Kier alpha value is -1.72. The lowest BCUT2D eigenvalue weighted by Gasteiger charge is -2.10. The Kier molecular flexibility index (Phi) is 5.26. The zero-order valence-electron chi connectivity index (χ0n) is 10.9. The second kappa shape index (κ2) is 7.17. The van der Waals surface area contributed by atoms with Crippen molar-refractivity contribution in [2.75, 3.05) is 13.7 Å². The molecule has 1 amide bonds. The van der Waals surface area contributed by atoms with Gasteiger partial charge in [0.2, 0.25) is 0 Å². The number of nitrogens with one attached hydrogen (secondary N) is 1. The first-order chi connectivity index (χ1) is 9.69. The maximum atomic E-state index is 11.7. The summed E-state index contributed by atoms with van der Waals surface area (Å²) in [5.41, 5.74) is 0. The molecular formula is C14H14ClNO3S. The van der Waals surface area contributed by atoms with Gasteiger partial charge in [-0.25, -0.2) is 0 Å². The van der Waals surface area contributed by atoms with E-state index in [0.717, 1.165) is 4.88 Å². The molecule has 0 saturated carbocycles. The van der Waals surface area contributed by atoms with Crippen molar-refractivity contribution < 1.29 is 14.3 Å². The topological polar surface area (TPSA) is 47.6 Å². The molecule has 1 heterocycles. The van der Waals surface area contributed by atoms with Gasteiger partial charge in [-0.2, -0.15) is 0 Å². The molecular weight excluding hydrogens is 298 g/mol. The number of hydrogen-bond donors (Lipinski definition) is 1. The predicted molar refractivity (Wildman–Crippen MR) is 79.7 cm³/mol. The minimum absolute atomic E-state index is 0.0561. The van der Waals surface area contributed by atoms with Crippen molar-refractivity contribution in [3.63, 3.8) is 0 Å². The van der Waals surface area contributed by atoms with Crippen LogP contribution in [0.25, 0.3) is 0 Å². The van der Waals surface area contributed by atoms with Crippen molar-refractivity contribution in [1.82, 2.24) is 5.32 Å². The van der Waals surface area contributed by atoms with E-state index >= 15 is 0 Å². The van der Waals surface area contributed by atoms with Crippen LogP contribution in [0.3, 0.4) is 0 Å². The first-order valence-corrected chi connectivity index (χ1v) is 7.15. The predicted octanol–water partition coefficient (Wildman–Crippen LogP) is 3.11. The van der Waals surface area contributed by atoms with Gasteiger partial charge in [0.1, 0.15) is 0 Å². The smallest absolute Gasteiger partial charge is 0.258 e. The molecule has 106 valence electrons. The summed E-state index contributed by atoms with van der Waals surface area (Å²) in [7, 11) is 1.56. The van der Waals surface area contributed by atoms with E-state index in [9.17, 15) is 4.79 Å². The number of methoxy groups -OCH3 is 1. The van der Waals surface area contributed by atoms with Crippen LogP contribution in [-0.4, -0.2) is 19.6 Å². The van der Waals surface area contributed by atoms with Crippen molar-refractivity contribution in [3.05, 3.63) is 45.6 Å². The molecule has 6 heteroatoms. The molecule has 0 radical (unpaired) electrons. The van der Waals surface area contributed by atoms with Crippen LogP contribution in [0.1, 0.15) is 4.88 Å². The second-order valence-corrected chi connectivity index (χ2v) is 5.72. The largest absolute Gasteiger partial charge is 0.493 e. The fourth-order valence-corrected chi connectivity index (χ4v) is 2.59. The molecule has 0 aliphatic heterocycles. The molecule has 0 fully saturated rings. The number of ether oxygens (including phenoxy) is 2. The zero-order valence-corrected chi connectivity index (χ0v) is 12.5. The van der Waals surface area contributed by atoms with Gasteiger partial charge in [0, 0.05) is 4.88 Å². The van der Waals surface area contributed by atoms with Gasteiger partial charge in [-0.3, -0.25) is 4.79 Å². The Morgan fingerprint density at radius 3 is 2.65 bits per heavy atom. The van der Waals surface area contributed by atoms with Gasteiger partial charge in [0.25, 0.3) is 5.91 Å². The molecule has 0 spiro atoms. The fourth-order valence-electron chi connectivity index (χ4n) is 1.56. The molecule has 0 unspecified atom stereocenters. The Bertz CT molecular complexity index is 585. The van der Waals surface area contributed by atoms with E-state index in [1.54, 1.807) is 25.3 Å². The minimum Gasteiger partial charge on any atom is -0.493 e. The van der Waals surface area contributed by atoms with Crippen LogP contribution in [0.2, 0.25) is 4.34 Å². The van der Waals surface area contributed by atoms with Crippen LogP contribution in [0.15, 0.2) is 36.4 Å². The van der Waals surface area contributed by atoms with Gasteiger partial charge in [0.05, 0.1) is 18.0 Å². The van der Waals surface area contributed by atoms with Crippen molar-refractivity contribution >= 4 is 28.8 Å². The average molecular weight is 312 g/mol. The van der Waals surface area contributed by atoms with E-state index in [4.69, 9.17) is 21.1 Å². The maximum Gasteiger partial charge on any atom is 0.258 e. The van der Waals surface area contributed by atoms with Crippen molar-refractivity contribution in [2.45, 2.75) is 6.54 Å². The molecule has 0 atom stereocenters. The standard InChI is InChI=1S/C14H14ClNO3S/c1-18-11-4-2-3-5-12(11)19-9-14(17)16-8-10-6-7-13(15)20-10/h2-7H,8-9H2,1H3,(H,16,17). The summed E-state index contributed by atoms with van der Waals surface area (Å²) in [6.07, 6.45) is 0. The SMILES string of the molecule is COc1ccccc1OCC(=O)NCc1ccc(Cl)s1. The van der Waals surface area contributed by atoms with Gasteiger partial charge < -0.3 is 14.8 Å². The third-order valence-electron chi connectivity index (χ3n) is 2.52. The third kappa shape index (κ3) is 4.15. The Balaban J connectivity index is 1.80. The lowest BCUT2D eigenvalue weighted by Crippen LogP contribution is -2.28. The lowest BCUT2D eigenvalue weighted by atomic mass is 10.3. The van der Waals surface area contributed by atoms with Crippen LogP contribution in [0, 0.1) is 0 Å². The number of rotatable bonds is 6. The monoisotopic (exact) mass is 311 g/mol. The minimum atomic E-state index is -0.194. The summed E-state index contributed by atoms with van der Waals surface area (Å²) >= 11 is 7.26. The average Bonchev–Trinajstić information content (AvgIpc) is 2.89. The fraction of sp³-hybridized carbons (Fsp3) is 0.214. The van der Waals surface area contributed by atoms with Gasteiger partial charge in [-0.05, 0) is 24.3 Å². The van der Waals surface area contributed by atoms with Gasteiger partial charge in [0.15, 0.2) is 18.1 Å². The first-order valence-electron chi connectivity index (χ1n) is 5.96. The molecule has 2 rings (SSSR count). The first kappa shape index (κ1) is 14.7. The van der Waals surface area contributed by atoms with Crippen LogP contribution in [0.4, 0.5) is 0 Å². The molecule has 20 heavy (non-hydrogen) atoms. The highest BCUT2D eigenvalue weighted by Crippen LogP contribution is 2.25. The number of thiophene rings is 1. The van der Waals surface area contributed by atoms with E-state index in [1.807, 2.05) is 18.2 Å². The highest BCUT2D eigenvalue weighted by Gasteiger charge is 2.07. The van der Waals surface area contributed by atoms with Gasteiger partial charge in [-0.1, -0.05) is 23.7 Å². The normalized spacial score (nSPS) is 10.1. The Labute approximate surface area is 126 Å². The number of para-hydroxylation sites is 2. The number of carbonyl (C=O) groups is 1. The summed E-state index contributed by atoms with van der Waals surface area (Å²) in [5.74, 6) is 0.954. The number of benzene rings is 1. The maximum absolute atomic E-state index is 11.7. The third-order valence-corrected chi connectivity index (χ3v) is 3.75. The molecule has 0 aliphatic carbocycles. The number of hydrogen-bond acceptors (Lipinski definition) is 4. The van der Waals surface area contributed by atoms with E-state index < -0.39 is 0 Å². The summed E-state index contributed by atoms with van der Waals surface area (Å²) < 4.78 is 11.3. The molecule has 0 bridgehead atoms. The molecule has 1 N–H and O–H groups in total. The van der Waals surface area contributed by atoms with E-state index in [0.29, 0.717) is 22.4 Å². The van der Waals surface area contributed by atoms with Crippen LogP contribution < -0.4 is 14.8 Å². The summed E-state index contributed by atoms with van der Waals surface area (Å²) in [6, 6.07) is 10.9. The van der Waals surface area contributed by atoms with Crippen molar-refractivity contribution in [2.24, 2.45) is 0 Å². The molecule has 1 aromatic heterocycles. The van der Waals surface area contributed by atoms with Crippen LogP contribution >= 0.6 is 22.9 Å². The molecule has 1 aromatic carbocycles. The van der Waals surface area contributed by atoms with Crippen molar-refractivity contribution in [1.29, 1.82) is 0 Å². The summed E-state index contributed by atoms with van der Waals surface area (Å²) in [6.45, 7) is 0.394. The summed E-state index contributed by atoms with van der Waals surface area (Å²) in [4.78, 5) is 12.7. The van der Waals surface area contributed by atoms with E-state index in [2.05, 4.69) is 5.32 Å². The number of amides is 1. The Morgan fingerprint density at radius 2 is 2.00 bits per heavy atom. The van der Waals surface area contributed by atoms with E-state index in [1.165, 1.54) is 11.3 Å². The van der Waals surface area contributed by atoms with Crippen LogP contribution in [-0.2, 0) is 11.3 Å². The quantitative estimate of drug-likeness (QED) is 0.891. The molecule has 0 saturated heterocycles. The Morgan fingerprint density at radius 1 is 1.25 bits per heavy atom. The van der Waals surface area contributed by atoms with Crippen molar-refractivity contribution in [3.8, 4) is 11.5 Å². The lowest BCUT2D eigenvalue weighted by molar-refractivity contribution is -0.123. The highest BCUT2D eigenvalue weighted by atomic mass is 35.5. The second-order valence-electron chi connectivity index (χ2n) is 3.92. The van der Waals surface area contributed by atoms with Gasteiger partial charge in [-0.15, -0.1) is 11.3 Å². The highest BCUT2D eigenvalue weighted by molar-refractivity contribution is 7.16.